The minimum absolute atomic E-state index is 0.232. The van der Waals surface area contributed by atoms with Gasteiger partial charge in [0.1, 0.15) is 12.3 Å². The van der Waals surface area contributed by atoms with Crippen molar-refractivity contribution in [1.29, 1.82) is 0 Å². The van der Waals surface area contributed by atoms with Gasteiger partial charge < -0.3 is 19.8 Å². The zero-order chi connectivity index (χ0) is 22.3. The van der Waals surface area contributed by atoms with Gasteiger partial charge in [-0.05, 0) is 47.6 Å². The normalized spacial score (nSPS) is 10.5. The molecule has 0 bridgehead atoms. The molecule has 3 aromatic carbocycles. The number of methoxy groups -OCH3 is 1. The number of H-pyrrole nitrogens is 1. The maximum Gasteiger partial charge on any atom is 0.270 e. The monoisotopic (exact) mass is 445 g/mol. The smallest absolute Gasteiger partial charge is 0.270 e. The maximum absolute atomic E-state index is 12.9. The minimum Gasteiger partial charge on any atom is -0.493 e. The van der Waals surface area contributed by atoms with Crippen LogP contribution in [-0.4, -0.2) is 22.6 Å². The van der Waals surface area contributed by atoms with Crippen molar-refractivity contribution in [3.8, 4) is 17.2 Å². The average Bonchev–Trinajstić information content (AvgIpc) is 3.24. The van der Waals surface area contributed by atoms with Gasteiger partial charge in [0.25, 0.3) is 5.91 Å². The van der Waals surface area contributed by atoms with Gasteiger partial charge in [-0.1, -0.05) is 54.6 Å². The molecule has 4 rings (SSSR count). The molecule has 0 spiro atoms. The van der Waals surface area contributed by atoms with E-state index in [-0.39, 0.29) is 5.91 Å². The van der Waals surface area contributed by atoms with Crippen LogP contribution >= 0.6 is 12.2 Å². The second kappa shape index (κ2) is 9.98. The number of carbonyl (C=O) groups excluding carboxylic acids is 1. The van der Waals surface area contributed by atoms with E-state index in [0.717, 1.165) is 16.8 Å². The molecule has 0 aliphatic rings. The van der Waals surface area contributed by atoms with Gasteiger partial charge in [-0.2, -0.15) is 0 Å². The molecule has 0 atom stereocenters. The van der Waals surface area contributed by atoms with Crippen LogP contribution in [0.4, 0.5) is 0 Å². The van der Waals surface area contributed by atoms with Crippen LogP contribution in [0, 0.1) is 4.77 Å². The summed E-state index contributed by atoms with van der Waals surface area (Å²) in [5.41, 5.74) is 3.23. The number of nitrogens with zero attached hydrogens (tertiary/aromatic N) is 1. The van der Waals surface area contributed by atoms with E-state index in [1.807, 2.05) is 78.9 Å². The van der Waals surface area contributed by atoms with Crippen LogP contribution in [0.2, 0.25) is 0 Å². The third kappa shape index (κ3) is 4.90. The van der Waals surface area contributed by atoms with E-state index in [2.05, 4.69) is 10.3 Å². The van der Waals surface area contributed by atoms with Gasteiger partial charge in [0.2, 0.25) is 0 Å². The van der Waals surface area contributed by atoms with Crippen LogP contribution in [0.3, 0.4) is 0 Å². The van der Waals surface area contributed by atoms with Crippen molar-refractivity contribution >= 4 is 18.1 Å². The summed E-state index contributed by atoms with van der Waals surface area (Å²) in [7, 11) is 1.60. The summed E-state index contributed by atoms with van der Waals surface area (Å²) in [5, 5.41) is 2.94. The summed E-state index contributed by atoms with van der Waals surface area (Å²) in [6, 6.07) is 25.1. The van der Waals surface area contributed by atoms with E-state index in [1.54, 1.807) is 17.9 Å². The van der Waals surface area contributed by atoms with E-state index in [9.17, 15) is 4.79 Å². The number of aromatic nitrogens is 2. The van der Waals surface area contributed by atoms with E-state index >= 15 is 0 Å². The van der Waals surface area contributed by atoms with Gasteiger partial charge in [-0.3, -0.25) is 9.36 Å². The Morgan fingerprint density at radius 2 is 1.69 bits per heavy atom. The van der Waals surface area contributed by atoms with Crippen molar-refractivity contribution in [2.45, 2.75) is 13.2 Å². The molecule has 0 aliphatic heterocycles. The predicted molar refractivity (Wildman–Crippen MR) is 126 cm³/mol. The number of hydrogen-bond donors (Lipinski definition) is 2. The third-order valence-corrected chi connectivity index (χ3v) is 5.24. The largest absolute Gasteiger partial charge is 0.493 e. The minimum atomic E-state index is -0.232. The van der Waals surface area contributed by atoms with Crippen LogP contribution in [0.1, 0.15) is 21.6 Å². The number of amides is 1. The van der Waals surface area contributed by atoms with Crippen LogP contribution in [-0.2, 0) is 13.2 Å². The van der Waals surface area contributed by atoms with Crippen molar-refractivity contribution in [3.63, 3.8) is 0 Å². The van der Waals surface area contributed by atoms with Crippen LogP contribution in [0.15, 0.2) is 85.1 Å². The zero-order valence-corrected chi connectivity index (χ0v) is 18.4. The molecular weight excluding hydrogens is 422 g/mol. The van der Waals surface area contributed by atoms with Crippen LogP contribution in [0.5, 0.6) is 11.5 Å². The highest BCUT2D eigenvalue weighted by molar-refractivity contribution is 7.71. The molecule has 0 radical (unpaired) electrons. The predicted octanol–water partition coefficient (Wildman–Crippen LogP) is 5.05. The molecule has 0 unspecified atom stereocenters. The van der Waals surface area contributed by atoms with Gasteiger partial charge in [0.05, 0.1) is 7.11 Å². The van der Waals surface area contributed by atoms with Gasteiger partial charge in [-0.25, -0.2) is 0 Å². The summed E-state index contributed by atoms with van der Waals surface area (Å²) in [4.78, 5) is 15.8. The first-order valence-corrected chi connectivity index (χ1v) is 10.5. The number of nitrogens with one attached hydrogen (secondary N) is 2. The first kappa shape index (κ1) is 21.4. The van der Waals surface area contributed by atoms with Gasteiger partial charge in [0.15, 0.2) is 16.3 Å². The van der Waals surface area contributed by atoms with Crippen molar-refractivity contribution in [3.05, 3.63) is 107 Å². The Hall–Kier alpha value is -3.84. The SMILES string of the molecule is COc1cc(CNC(=O)c2c[nH]c(=S)n2-c2ccccc2)ccc1OCc1ccccc1. The Balaban J connectivity index is 1.44. The summed E-state index contributed by atoms with van der Waals surface area (Å²) >= 11 is 5.36. The lowest BCUT2D eigenvalue weighted by Gasteiger charge is -2.13. The molecule has 2 N–H and O–H groups in total. The fourth-order valence-corrected chi connectivity index (χ4v) is 3.58. The van der Waals surface area contributed by atoms with Crippen LogP contribution in [0.25, 0.3) is 5.69 Å². The zero-order valence-electron chi connectivity index (χ0n) is 17.6. The second-order valence-electron chi connectivity index (χ2n) is 7.09. The maximum atomic E-state index is 12.9. The highest BCUT2D eigenvalue weighted by atomic mass is 32.1. The lowest BCUT2D eigenvalue weighted by Crippen LogP contribution is -2.25. The Kier molecular flexibility index (Phi) is 6.67. The Labute approximate surface area is 191 Å². The molecule has 1 amide bonds. The average molecular weight is 446 g/mol. The quantitative estimate of drug-likeness (QED) is 0.372. The van der Waals surface area contributed by atoms with E-state index in [0.29, 0.717) is 35.1 Å². The van der Waals surface area contributed by atoms with E-state index in [1.165, 1.54) is 0 Å². The first-order chi connectivity index (χ1) is 15.7. The Morgan fingerprint density at radius 3 is 2.41 bits per heavy atom. The second-order valence-corrected chi connectivity index (χ2v) is 7.48. The lowest BCUT2D eigenvalue weighted by atomic mass is 10.2. The molecule has 32 heavy (non-hydrogen) atoms. The molecular formula is C25H23N3O3S. The van der Waals surface area contributed by atoms with E-state index < -0.39 is 0 Å². The molecule has 1 heterocycles. The highest BCUT2D eigenvalue weighted by Crippen LogP contribution is 2.29. The summed E-state index contributed by atoms with van der Waals surface area (Å²) in [5.74, 6) is 1.03. The number of ether oxygens (including phenoxy) is 2. The molecule has 0 saturated carbocycles. The molecule has 4 aromatic rings. The Morgan fingerprint density at radius 1 is 0.969 bits per heavy atom. The fourth-order valence-electron chi connectivity index (χ4n) is 3.32. The number of hydrogen-bond acceptors (Lipinski definition) is 4. The number of carbonyl (C=O) groups is 1. The Bertz CT molecular complexity index is 1250. The van der Waals surface area contributed by atoms with Crippen molar-refractivity contribution in [2.24, 2.45) is 0 Å². The van der Waals surface area contributed by atoms with Gasteiger partial charge in [-0.15, -0.1) is 0 Å². The van der Waals surface area contributed by atoms with Crippen molar-refractivity contribution in [1.82, 2.24) is 14.9 Å². The van der Waals surface area contributed by atoms with Crippen molar-refractivity contribution in [2.75, 3.05) is 7.11 Å². The summed E-state index contributed by atoms with van der Waals surface area (Å²) in [6.07, 6.45) is 1.62. The van der Waals surface area contributed by atoms with Gasteiger partial charge in [0, 0.05) is 18.4 Å². The van der Waals surface area contributed by atoms with Crippen LogP contribution < -0.4 is 14.8 Å². The molecule has 1 aromatic heterocycles. The standard InChI is InChI=1S/C25H23N3O3S/c1-30-23-14-19(12-13-22(23)31-17-18-8-4-2-5-9-18)15-26-24(29)21-16-27-25(32)28(21)20-10-6-3-7-11-20/h2-14,16H,15,17H2,1H3,(H,26,29)(H,27,32). The summed E-state index contributed by atoms with van der Waals surface area (Å²) in [6.45, 7) is 0.782. The molecule has 7 heteroatoms. The number of benzene rings is 3. The van der Waals surface area contributed by atoms with Crippen molar-refractivity contribution < 1.29 is 14.3 Å². The van der Waals surface area contributed by atoms with E-state index in [4.69, 9.17) is 21.7 Å². The summed E-state index contributed by atoms with van der Waals surface area (Å²) < 4.78 is 13.6. The molecule has 162 valence electrons. The van der Waals surface area contributed by atoms with Gasteiger partial charge >= 0.3 is 0 Å². The highest BCUT2D eigenvalue weighted by Gasteiger charge is 2.14. The third-order valence-electron chi connectivity index (χ3n) is 4.94. The number of imidazole rings is 1. The number of para-hydroxylation sites is 1. The topological polar surface area (TPSA) is 68.3 Å². The lowest BCUT2D eigenvalue weighted by molar-refractivity contribution is 0.0944. The fraction of sp³-hybridized carbons (Fsp3) is 0.120. The number of aromatic amines is 1. The molecule has 6 nitrogen and oxygen atoms in total. The number of rotatable bonds is 8. The molecule has 0 aliphatic carbocycles. The molecule has 0 fully saturated rings. The molecule has 0 saturated heterocycles. The first-order valence-electron chi connectivity index (χ1n) is 10.1.